The van der Waals surface area contributed by atoms with E-state index in [0.29, 0.717) is 102 Å². The van der Waals surface area contributed by atoms with E-state index < -0.39 is 23.1 Å². The Morgan fingerprint density at radius 2 is 1.49 bits per heavy atom. The Labute approximate surface area is 285 Å². The van der Waals surface area contributed by atoms with Crippen LogP contribution in [0.2, 0.25) is 0 Å². The summed E-state index contributed by atoms with van der Waals surface area (Å²) in [6, 6.07) is 4.54. The van der Waals surface area contributed by atoms with E-state index in [9.17, 15) is 24.0 Å². The van der Waals surface area contributed by atoms with Crippen molar-refractivity contribution < 1.29 is 42.9 Å². The molecule has 2 fully saturated rings. The van der Waals surface area contributed by atoms with Crippen molar-refractivity contribution in [3.05, 3.63) is 34.7 Å². The van der Waals surface area contributed by atoms with Crippen LogP contribution >= 0.6 is 0 Å². The standard InChI is InChI=1S/C33H48N6O10/c1-33(2,3)49-32(44)38-13-11-37(12-14-38)28(41)9-15-45-17-19-47-21-22-48-20-18-46-16-10-34-25-6-4-5-24-23-35-39(31(43)29(24)25)26-7-8-27(40)36-30(26)42/h4-6,23,26,34H,7-22H2,1-3H3,(H,36,40,42). The van der Waals surface area contributed by atoms with Crippen LogP contribution < -0.4 is 16.2 Å². The van der Waals surface area contributed by atoms with Gasteiger partial charge in [-0.05, 0) is 33.3 Å². The van der Waals surface area contributed by atoms with Crippen molar-refractivity contribution in [2.75, 3.05) is 90.9 Å². The number of fused-ring (bicyclic) bond motifs is 1. The molecule has 3 heterocycles. The van der Waals surface area contributed by atoms with Crippen LogP contribution in [0.25, 0.3) is 10.8 Å². The second-order valence-corrected chi connectivity index (χ2v) is 12.6. The van der Waals surface area contributed by atoms with E-state index in [0.717, 1.165) is 4.68 Å². The Bertz CT molecular complexity index is 1480. The van der Waals surface area contributed by atoms with Crippen molar-refractivity contribution in [3.63, 3.8) is 0 Å². The molecule has 2 saturated heterocycles. The van der Waals surface area contributed by atoms with Crippen LogP contribution in [0, 0.1) is 0 Å². The molecule has 1 aromatic heterocycles. The van der Waals surface area contributed by atoms with E-state index in [2.05, 4.69) is 15.7 Å². The van der Waals surface area contributed by atoms with Crippen LogP contribution in [0.1, 0.15) is 46.1 Å². The van der Waals surface area contributed by atoms with Gasteiger partial charge in [0, 0.05) is 50.2 Å². The minimum Gasteiger partial charge on any atom is -0.444 e. The molecule has 2 N–H and O–H groups in total. The predicted octanol–water partition coefficient (Wildman–Crippen LogP) is 1.32. The number of nitrogens with one attached hydrogen (secondary N) is 2. The van der Waals surface area contributed by atoms with E-state index in [1.165, 1.54) is 0 Å². The van der Waals surface area contributed by atoms with Crippen LogP contribution in [0.15, 0.2) is 29.2 Å². The molecule has 2 aliphatic heterocycles. The van der Waals surface area contributed by atoms with E-state index in [1.54, 1.807) is 28.1 Å². The summed E-state index contributed by atoms with van der Waals surface area (Å²) in [6.45, 7) is 10.8. The van der Waals surface area contributed by atoms with Gasteiger partial charge in [0.15, 0.2) is 0 Å². The molecule has 49 heavy (non-hydrogen) atoms. The third-order valence-corrected chi connectivity index (χ3v) is 7.77. The Hall–Kier alpha value is -4.12. The molecule has 0 aliphatic carbocycles. The van der Waals surface area contributed by atoms with Crippen LogP contribution in [-0.4, -0.2) is 135 Å². The van der Waals surface area contributed by atoms with Crippen molar-refractivity contribution in [2.45, 2.75) is 51.7 Å². The second kappa shape index (κ2) is 18.6. The molecule has 0 bridgehead atoms. The molecule has 0 radical (unpaired) electrons. The fraction of sp³-hybridized carbons (Fsp3) is 0.636. The van der Waals surface area contributed by atoms with E-state index in [1.807, 2.05) is 26.8 Å². The number of piperidine rings is 1. The van der Waals surface area contributed by atoms with E-state index in [-0.39, 0.29) is 37.2 Å². The fourth-order valence-electron chi connectivity index (χ4n) is 5.29. The third-order valence-electron chi connectivity index (χ3n) is 7.77. The minimum absolute atomic E-state index is 0.00131. The minimum atomic E-state index is -0.833. The first-order valence-electron chi connectivity index (χ1n) is 16.7. The SMILES string of the molecule is CC(C)(C)OC(=O)N1CCN(C(=O)CCOCCOCCOCCOCCNc2cccc3cnn(C4CCC(=O)NC4=O)c(=O)c23)CC1. The highest BCUT2D eigenvalue weighted by molar-refractivity contribution is 5.99. The number of benzene rings is 1. The lowest BCUT2D eigenvalue weighted by Crippen LogP contribution is -2.51. The van der Waals surface area contributed by atoms with Gasteiger partial charge in [-0.3, -0.25) is 24.5 Å². The summed E-state index contributed by atoms with van der Waals surface area (Å²) in [5.74, 6) is -0.886. The van der Waals surface area contributed by atoms with Crippen LogP contribution in [0.3, 0.4) is 0 Å². The lowest BCUT2D eigenvalue weighted by Gasteiger charge is -2.35. The third kappa shape index (κ3) is 11.8. The van der Waals surface area contributed by atoms with Gasteiger partial charge in [0.05, 0.1) is 70.9 Å². The van der Waals surface area contributed by atoms with Crippen molar-refractivity contribution in [2.24, 2.45) is 0 Å². The van der Waals surface area contributed by atoms with Crippen LogP contribution in [0.4, 0.5) is 10.5 Å². The molecule has 1 unspecified atom stereocenters. The first-order chi connectivity index (χ1) is 23.5. The van der Waals surface area contributed by atoms with Crippen molar-refractivity contribution in [3.8, 4) is 0 Å². The van der Waals surface area contributed by atoms with E-state index >= 15 is 0 Å². The summed E-state index contributed by atoms with van der Waals surface area (Å²) in [4.78, 5) is 65.0. The van der Waals surface area contributed by atoms with Crippen LogP contribution in [-0.2, 0) is 38.1 Å². The van der Waals surface area contributed by atoms with Gasteiger partial charge in [0.25, 0.3) is 11.5 Å². The van der Waals surface area contributed by atoms with E-state index in [4.69, 9.17) is 23.7 Å². The molecule has 0 spiro atoms. The molecule has 270 valence electrons. The molecule has 4 amide bonds. The zero-order valence-electron chi connectivity index (χ0n) is 28.6. The lowest BCUT2D eigenvalue weighted by molar-refractivity contribution is -0.136. The first-order valence-corrected chi connectivity index (χ1v) is 16.7. The number of aromatic nitrogens is 2. The largest absolute Gasteiger partial charge is 0.444 e. The number of imide groups is 1. The first kappa shape index (κ1) is 37.7. The summed E-state index contributed by atoms with van der Waals surface area (Å²) in [5, 5.41) is 10.7. The fourth-order valence-corrected chi connectivity index (χ4v) is 5.29. The average molecular weight is 689 g/mol. The quantitative estimate of drug-likeness (QED) is 0.180. The Morgan fingerprint density at radius 1 is 0.878 bits per heavy atom. The molecule has 2 aromatic rings. The second-order valence-electron chi connectivity index (χ2n) is 12.6. The predicted molar refractivity (Wildman–Crippen MR) is 178 cm³/mol. The number of ether oxygens (including phenoxy) is 5. The Kier molecular flexibility index (Phi) is 14.3. The smallest absolute Gasteiger partial charge is 0.410 e. The summed E-state index contributed by atoms with van der Waals surface area (Å²) < 4.78 is 28.7. The monoisotopic (exact) mass is 688 g/mol. The number of hydrogen-bond acceptors (Lipinski definition) is 12. The maximum atomic E-state index is 13.3. The normalized spacial score (nSPS) is 16.9. The van der Waals surface area contributed by atoms with Crippen molar-refractivity contribution >= 4 is 40.3 Å². The lowest BCUT2D eigenvalue weighted by atomic mass is 10.1. The number of carbonyl (C=O) groups excluding carboxylic acids is 4. The van der Waals surface area contributed by atoms with Crippen molar-refractivity contribution in [1.29, 1.82) is 0 Å². The zero-order chi connectivity index (χ0) is 35.2. The zero-order valence-corrected chi connectivity index (χ0v) is 28.6. The number of hydrogen-bond donors (Lipinski definition) is 2. The highest BCUT2D eigenvalue weighted by Crippen LogP contribution is 2.22. The Balaban J connectivity index is 0.993. The molecule has 1 aromatic carbocycles. The molecule has 0 saturated carbocycles. The average Bonchev–Trinajstić information content (AvgIpc) is 3.06. The summed E-state index contributed by atoms with van der Waals surface area (Å²) >= 11 is 0. The summed E-state index contributed by atoms with van der Waals surface area (Å²) in [7, 11) is 0. The number of amides is 4. The van der Waals surface area contributed by atoms with Gasteiger partial charge in [-0.25, -0.2) is 9.48 Å². The van der Waals surface area contributed by atoms with Gasteiger partial charge in [-0.15, -0.1) is 0 Å². The summed E-state index contributed by atoms with van der Waals surface area (Å²) in [6.07, 6.45) is 1.83. The van der Waals surface area contributed by atoms with Crippen LogP contribution in [0.5, 0.6) is 0 Å². The maximum Gasteiger partial charge on any atom is 0.410 e. The van der Waals surface area contributed by atoms with Gasteiger partial charge >= 0.3 is 6.09 Å². The molecule has 4 rings (SSSR count). The molecule has 16 heteroatoms. The topological polar surface area (TPSA) is 180 Å². The number of anilines is 1. The maximum absolute atomic E-state index is 13.3. The molecule has 16 nitrogen and oxygen atoms in total. The Morgan fingerprint density at radius 3 is 2.12 bits per heavy atom. The number of nitrogens with zero attached hydrogens (tertiary/aromatic N) is 4. The summed E-state index contributed by atoms with van der Waals surface area (Å²) in [5.41, 5.74) is -0.347. The van der Waals surface area contributed by atoms with Gasteiger partial charge in [0.2, 0.25) is 11.8 Å². The molecular formula is C33H48N6O10. The highest BCUT2D eigenvalue weighted by Gasteiger charge is 2.30. The number of piperazine rings is 1. The molecule has 1 atom stereocenters. The molecule has 2 aliphatic rings. The number of carbonyl (C=O) groups is 4. The number of rotatable bonds is 17. The van der Waals surface area contributed by atoms with Gasteiger partial charge in [-0.2, -0.15) is 5.10 Å². The highest BCUT2D eigenvalue weighted by atomic mass is 16.6. The molecular weight excluding hydrogens is 640 g/mol. The van der Waals surface area contributed by atoms with Gasteiger partial charge in [0.1, 0.15) is 11.6 Å². The van der Waals surface area contributed by atoms with Gasteiger partial charge in [-0.1, -0.05) is 12.1 Å². The van der Waals surface area contributed by atoms with Gasteiger partial charge < -0.3 is 38.8 Å². The van der Waals surface area contributed by atoms with Crippen molar-refractivity contribution in [1.82, 2.24) is 24.9 Å².